The number of carbonyl (C=O) groups is 4. The maximum atomic E-state index is 14.3. The molecule has 4 heterocycles. The third-order valence-electron chi connectivity index (χ3n) is 9.21. The standard InChI is InChI=1S/C30H30N4O4/c1-17-15-29(31-23(17)35)19-11-7-9-13-21(19)33(25(29)37)27(3,4)28(5,6)34-22-14-10-8-12-20(22)30(26(34)38)16-18(2)24(36)32-30/h7-14H,1-2,15-16H2,3-6H3,(H,31,35)(H,32,36). The summed E-state index contributed by atoms with van der Waals surface area (Å²) in [5.74, 6) is -1.20. The molecule has 8 heteroatoms. The third-order valence-corrected chi connectivity index (χ3v) is 9.21. The van der Waals surface area contributed by atoms with E-state index in [-0.39, 0.29) is 36.5 Å². The molecule has 2 atom stereocenters. The molecular weight excluding hydrogens is 480 g/mol. The molecule has 38 heavy (non-hydrogen) atoms. The molecular formula is C30H30N4O4. The quantitative estimate of drug-likeness (QED) is 0.620. The second-order valence-electron chi connectivity index (χ2n) is 11.7. The van der Waals surface area contributed by atoms with Crippen LogP contribution >= 0.6 is 0 Å². The SMILES string of the molecule is C=C1CC2(NC1=O)C(=O)N(C(C)(C)C(C)(C)N1C(=O)C3(CC(=C)C(=O)N3)c3ccccc31)c1ccccc12. The van der Waals surface area contributed by atoms with Gasteiger partial charge in [-0.3, -0.25) is 19.2 Å². The predicted octanol–water partition coefficient (Wildman–Crippen LogP) is 3.18. The summed E-state index contributed by atoms with van der Waals surface area (Å²) < 4.78 is 0. The lowest BCUT2D eigenvalue weighted by Gasteiger charge is -2.52. The van der Waals surface area contributed by atoms with Crippen LogP contribution in [-0.4, -0.2) is 34.7 Å². The number of amides is 4. The summed E-state index contributed by atoms with van der Waals surface area (Å²) in [6, 6.07) is 14.9. The van der Waals surface area contributed by atoms with Crippen LogP contribution < -0.4 is 20.4 Å². The van der Waals surface area contributed by atoms with Gasteiger partial charge in [0.25, 0.3) is 11.8 Å². The van der Waals surface area contributed by atoms with Crippen molar-refractivity contribution in [2.24, 2.45) is 0 Å². The summed E-state index contributed by atoms with van der Waals surface area (Å²) in [5, 5.41) is 5.83. The van der Waals surface area contributed by atoms with Crippen molar-refractivity contribution in [2.45, 2.75) is 62.7 Å². The van der Waals surface area contributed by atoms with E-state index >= 15 is 0 Å². The zero-order valence-corrected chi connectivity index (χ0v) is 22.0. The van der Waals surface area contributed by atoms with Crippen LogP contribution in [0.1, 0.15) is 51.7 Å². The Hall–Kier alpha value is -4.20. The fraction of sp³-hybridized carbons (Fsp3) is 0.333. The number of hydrogen-bond acceptors (Lipinski definition) is 4. The highest BCUT2D eigenvalue weighted by molar-refractivity contribution is 6.17. The zero-order valence-electron chi connectivity index (χ0n) is 22.0. The lowest BCUT2D eigenvalue weighted by atomic mass is 9.78. The summed E-state index contributed by atoms with van der Waals surface area (Å²) in [6.45, 7) is 15.5. The van der Waals surface area contributed by atoms with Gasteiger partial charge in [0.05, 0.1) is 22.5 Å². The fourth-order valence-electron chi connectivity index (χ4n) is 6.58. The molecule has 0 bridgehead atoms. The minimum Gasteiger partial charge on any atom is -0.334 e. The molecule has 2 aromatic rings. The molecule has 0 aliphatic carbocycles. The molecule has 2 N–H and O–H groups in total. The van der Waals surface area contributed by atoms with Crippen molar-refractivity contribution >= 4 is 35.0 Å². The number of nitrogens with zero attached hydrogens (tertiary/aromatic N) is 2. The Morgan fingerprint density at radius 2 is 1.00 bits per heavy atom. The summed E-state index contributed by atoms with van der Waals surface area (Å²) in [4.78, 5) is 57.2. The van der Waals surface area contributed by atoms with Crippen molar-refractivity contribution in [3.8, 4) is 0 Å². The molecule has 6 rings (SSSR count). The highest BCUT2D eigenvalue weighted by Gasteiger charge is 2.65. The Balaban J connectivity index is 1.49. The van der Waals surface area contributed by atoms with Crippen LogP contribution in [0.4, 0.5) is 11.4 Å². The first-order valence-electron chi connectivity index (χ1n) is 12.7. The average molecular weight is 511 g/mol. The van der Waals surface area contributed by atoms with Crippen molar-refractivity contribution in [1.82, 2.24) is 10.6 Å². The Morgan fingerprint density at radius 3 is 1.32 bits per heavy atom. The molecule has 0 saturated carbocycles. The highest BCUT2D eigenvalue weighted by atomic mass is 16.2. The van der Waals surface area contributed by atoms with Crippen molar-refractivity contribution < 1.29 is 19.2 Å². The summed E-state index contributed by atoms with van der Waals surface area (Å²) in [5.41, 5.74) is -0.893. The molecule has 2 spiro atoms. The molecule has 8 nitrogen and oxygen atoms in total. The van der Waals surface area contributed by atoms with E-state index in [1.54, 1.807) is 9.80 Å². The number of hydrogen-bond donors (Lipinski definition) is 2. The molecule has 4 amide bonds. The minimum absolute atomic E-state index is 0.178. The molecule has 4 aliphatic heterocycles. The Morgan fingerprint density at radius 1 is 0.658 bits per heavy atom. The molecule has 194 valence electrons. The Bertz CT molecular complexity index is 1370. The first-order valence-corrected chi connectivity index (χ1v) is 12.7. The largest absolute Gasteiger partial charge is 0.334 e. The molecule has 2 unspecified atom stereocenters. The lowest BCUT2D eigenvalue weighted by molar-refractivity contribution is -0.129. The van der Waals surface area contributed by atoms with Crippen LogP contribution in [-0.2, 0) is 30.3 Å². The third kappa shape index (κ3) is 2.64. The van der Waals surface area contributed by atoms with Crippen molar-refractivity contribution in [1.29, 1.82) is 0 Å². The van der Waals surface area contributed by atoms with E-state index in [2.05, 4.69) is 23.8 Å². The average Bonchev–Trinajstić information content (AvgIpc) is 3.50. The summed E-state index contributed by atoms with van der Waals surface area (Å²) >= 11 is 0. The van der Waals surface area contributed by atoms with Gasteiger partial charge in [-0.05, 0) is 39.8 Å². The van der Waals surface area contributed by atoms with Crippen LogP contribution in [0, 0.1) is 0 Å². The van der Waals surface area contributed by atoms with Gasteiger partial charge in [-0.1, -0.05) is 49.6 Å². The molecule has 4 aliphatic rings. The number of carbonyl (C=O) groups excluding carboxylic acids is 4. The lowest BCUT2D eigenvalue weighted by Crippen LogP contribution is -2.69. The van der Waals surface area contributed by atoms with Gasteiger partial charge >= 0.3 is 0 Å². The van der Waals surface area contributed by atoms with Crippen LogP contribution in [0.5, 0.6) is 0 Å². The van der Waals surface area contributed by atoms with Crippen LogP contribution in [0.15, 0.2) is 72.8 Å². The van der Waals surface area contributed by atoms with Gasteiger partial charge in [-0.25, -0.2) is 0 Å². The van der Waals surface area contributed by atoms with Crippen LogP contribution in [0.2, 0.25) is 0 Å². The van der Waals surface area contributed by atoms with Gasteiger partial charge < -0.3 is 20.4 Å². The number of fused-ring (bicyclic) bond motifs is 4. The second kappa shape index (κ2) is 7.22. The van der Waals surface area contributed by atoms with Crippen LogP contribution in [0.3, 0.4) is 0 Å². The normalized spacial score (nSPS) is 26.5. The van der Waals surface area contributed by atoms with E-state index in [0.29, 0.717) is 33.6 Å². The summed E-state index contributed by atoms with van der Waals surface area (Å²) in [7, 11) is 0. The van der Waals surface area contributed by atoms with Gasteiger partial charge in [-0.2, -0.15) is 0 Å². The number of para-hydroxylation sites is 2. The number of anilines is 2. The van der Waals surface area contributed by atoms with Crippen molar-refractivity contribution in [3.63, 3.8) is 0 Å². The smallest absolute Gasteiger partial charge is 0.258 e. The number of rotatable bonds is 3. The van der Waals surface area contributed by atoms with Gasteiger partial charge in [0.1, 0.15) is 0 Å². The van der Waals surface area contributed by atoms with Gasteiger partial charge in [0, 0.05) is 35.1 Å². The molecule has 2 saturated heterocycles. The Kier molecular flexibility index (Phi) is 4.59. The van der Waals surface area contributed by atoms with E-state index in [4.69, 9.17) is 0 Å². The molecule has 0 radical (unpaired) electrons. The van der Waals surface area contributed by atoms with E-state index in [1.165, 1.54) is 0 Å². The highest BCUT2D eigenvalue weighted by Crippen LogP contribution is 2.54. The monoisotopic (exact) mass is 510 g/mol. The van der Waals surface area contributed by atoms with E-state index < -0.39 is 22.2 Å². The fourth-order valence-corrected chi connectivity index (χ4v) is 6.58. The predicted molar refractivity (Wildman–Crippen MR) is 143 cm³/mol. The Labute approximate surface area is 221 Å². The van der Waals surface area contributed by atoms with Crippen molar-refractivity contribution in [3.05, 3.63) is 84.0 Å². The topological polar surface area (TPSA) is 98.8 Å². The second-order valence-corrected chi connectivity index (χ2v) is 11.7. The molecule has 0 aromatic heterocycles. The van der Waals surface area contributed by atoms with E-state index in [1.807, 2.05) is 76.2 Å². The first kappa shape index (κ1) is 24.2. The number of benzene rings is 2. The van der Waals surface area contributed by atoms with Crippen LogP contribution in [0.25, 0.3) is 0 Å². The van der Waals surface area contributed by atoms with Gasteiger partial charge in [0.15, 0.2) is 11.1 Å². The molecule has 2 aromatic carbocycles. The molecule has 2 fully saturated rings. The number of nitrogens with one attached hydrogen (secondary N) is 2. The van der Waals surface area contributed by atoms with E-state index in [0.717, 1.165) is 0 Å². The van der Waals surface area contributed by atoms with Gasteiger partial charge in [0.2, 0.25) is 11.8 Å². The summed E-state index contributed by atoms with van der Waals surface area (Å²) in [6.07, 6.45) is 0.356. The zero-order chi connectivity index (χ0) is 27.4. The van der Waals surface area contributed by atoms with Crippen molar-refractivity contribution in [2.75, 3.05) is 9.80 Å². The maximum absolute atomic E-state index is 14.3. The first-order chi connectivity index (χ1) is 17.8. The van der Waals surface area contributed by atoms with Gasteiger partial charge in [-0.15, -0.1) is 0 Å². The minimum atomic E-state index is -1.23. The van der Waals surface area contributed by atoms with E-state index in [9.17, 15) is 19.2 Å². The maximum Gasteiger partial charge on any atom is 0.258 e.